The minimum atomic E-state index is -0.337. The number of rotatable bonds is 9. The molecule has 0 saturated heterocycles. The van der Waals surface area contributed by atoms with E-state index in [0.29, 0.717) is 0 Å². The number of carbonyl (C=O) groups excluding carboxylic acids is 1. The summed E-state index contributed by atoms with van der Waals surface area (Å²) in [5.74, 6) is 0.286. The third-order valence-corrected chi connectivity index (χ3v) is 13.2. The van der Waals surface area contributed by atoms with Crippen LogP contribution >= 0.6 is 22.7 Å². The number of aryl methyl sites for hydroxylation is 1. The summed E-state index contributed by atoms with van der Waals surface area (Å²) in [5.41, 5.74) is 5.46. The van der Waals surface area contributed by atoms with Gasteiger partial charge >= 0.3 is 0 Å². The van der Waals surface area contributed by atoms with E-state index in [0.717, 1.165) is 42.3 Å². The van der Waals surface area contributed by atoms with Crippen molar-refractivity contribution in [2.75, 3.05) is 0 Å². The molecule has 0 atom stereocenters. The number of nitrogens with zero attached hydrogens (tertiary/aromatic N) is 1. The van der Waals surface area contributed by atoms with Crippen molar-refractivity contribution in [1.29, 1.82) is 0 Å². The summed E-state index contributed by atoms with van der Waals surface area (Å²) in [6.07, 6.45) is 6.69. The van der Waals surface area contributed by atoms with Gasteiger partial charge in [-0.15, -0.1) is 51.8 Å². The molecule has 0 aliphatic carbocycles. The van der Waals surface area contributed by atoms with Gasteiger partial charge in [-0.25, -0.2) is 0 Å². The van der Waals surface area contributed by atoms with Crippen molar-refractivity contribution in [1.82, 2.24) is 4.98 Å². The average molecular weight is 895 g/mol. The van der Waals surface area contributed by atoms with E-state index >= 15 is 0 Å². The predicted octanol–water partition coefficient (Wildman–Crippen LogP) is 14.1. The fourth-order valence-electron chi connectivity index (χ4n) is 6.29. The van der Waals surface area contributed by atoms with Gasteiger partial charge in [0.1, 0.15) is 5.76 Å². The first kappa shape index (κ1) is 40.6. The van der Waals surface area contributed by atoms with Crippen LogP contribution in [0.1, 0.15) is 99.1 Å². The molecular formula is C45H52IrNO2S2-. The van der Waals surface area contributed by atoms with E-state index in [1.54, 1.807) is 0 Å². The third-order valence-electron chi connectivity index (χ3n) is 10.9. The van der Waals surface area contributed by atoms with Gasteiger partial charge in [0.15, 0.2) is 5.78 Å². The molecule has 6 heteroatoms. The zero-order chi connectivity index (χ0) is 36.4. The van der Waals surface area contributed by atoms with E-state index in [-0.39, 0.29) is 47.9 Å². The molecule has 51 heavy (non-hydrogen) atoms. The Hall–Kier alpha value is -3.15. The predicted molar refractivity (Wildman–Crippen MR) is 219 cm³/mol. The minimum Gasteiger partial charge on any atom is -0.512 e. The monoisotopic (exact) mass is 895 g/mol. The Labute approximate surface area is 326 Å². The molecule has 3 nitrogen and oxygen atoms in total. The van der Waals surface area contributed by atoms with Crippen LogP contribution < -0.4 is 0 Å². The number of aliphatic hydroxyl groups excluding tert-OH is 1. The first-order valence-corrected chi connectivity index (χ1v) is 19.7. The Balaban J connectivity index is 0.000000279. The number of hydrogen-bond donors (Lipinski definition) is 1. The number of aliphatic hydroxyl groups is 1. The molecular weight excluding hydrogens is 843 g/mol. The second-order valence-electron chi connectivity index (χ2n) is 15.1. The van der Waals surface area contributed by atoms with Gasteiger partial charge in [0.2, 0.25) is 0 Å². The fraction of sp³-hybridized carbons (Fsp3) is 0.378. The summed E-state index contributed by atoms with van der Waals surface area (Å²) in [7, 11) is 0. The van der Waals surface area contributed by atoms with Crippen molar-refractivity contribution in [2.45, 2.75) is 100 Å². The van der Waals surface area contributed by atoms with Gasteiger partial charge in [0, 0.05) is 63.2 Å². The number of aromatic nitrogens is 1. The Bertz CT molecular complexity index is 2170. The first-order valence-electron chi connectivity index (χ1n) is 18.0. The van der Waals surface area contributed by atoms with Crippen molar-refractivity contribution in [3.63, 3.8) is 0 Å². The molecule has 0 spiro atoms. The van der Waals surface area contributed by atoms with E-state index < -0.39 is 0 Å². The number of hydrogen-bond acceptors (Lipinski definition) is 5. The Morgan fingerprint density at radius 3 is 2.14 bits per heavy atom. The van der Waals surface area contributed by atoms with Crippen molar-refractivity contribution in [3.05, 3.63) is 101 Å². The van der Waals surface area contributed by atoms with Crippen LogP contribution in [0.15, 0.2) is 84.1 Å². The van der Waals surface area contributed by atoms with Crippen LogP contribution in [-0.2, 0) is 30.3 Å². The molecule has 1 N–H and O–H groups in total. The molecule has 0 amide bonds. The Morgan fingerprint density at radius 2 is 1.49 bits per heavy atom. The maximum Gasteiger partial charge on any atom is 0.164 e. The van der Waals surface area contributed by atoms with Crippen molar-refractivity contribution >= 4 is 59.4 Å². The summed E-state index contributed by atoms with van der Waals surface area (Å²) in [4.78, 5) is 18.3. The van der Waals surface area contributed by atoms with Crippen LogP contribution in [0.2, 0.25) is 0 Å². The van der Waals surface area contributed by atoms with Crippen molar-refractivity contribution < 1.29 is 30.0 Å². The second-order valence-corrected chi connectivity index (χ2v) is 17.1. The van der Waals surface area contributed by atoms with Gasteiger partial charge in [-0.1, -0.05) is 97.5 Å². The van der Waals surface area contributed by atoms with Gasteiger partial charge in [-0.05, 0) is 89.6 Å². The summed E-state index contributed by atoms with van der Waals surface area (Å²) in [6.45, 7) is 21.1. The van der Waals surface area contributed by atoms with Gasteiger partial charge in [0.05, 0.1) is 0 Å². The summed E-state index contributed by atoms with van der Waals surface area (Å²) >= 11 is 3.66. The SMILES string of the molecule is CCC(C)(CC)C(=O)/C=C(\O)C(C)(CC)CC.Cc1csc2ccc(-c3cc4c(-c5[c-]c6ccccc6c(C(C)(C)C)c5)nccc4s3)cc12.[Ir]. The maximum atomic E-state index is 12.2. The van der Waals surface area contributed by atoms with Gasteiger partial charge < -0.3 is 5.11 Å². The van der Waals surface area contributed by atoms with E-state index in [9.17, 15) is 9.90 Å². The quantitative estimate of drug-likeness (QED) is 0.0894. The zero-order valence-corrected chi connectivity index (χ0v) is 35.8. The molecule has 3 aromatic carbocycles. The number of allylic oxidation sites excluding steroid dienone is 2. The third kappa shape index (κ3) is 8.41. The number of fused-ring (bicyclic) bond motifs is 3. The van der Waals surface area contributed by atoms with E-state index in [2.05, 4.69) is 99.8 Å². The van der Waals surface area contributed by atoms with Crippen LogP contribution in [0.4, 0.5) is 0 Å². The molecule has 6 rings (SSSR count). The summed E-state index contributed by atoms with van der Waals surface area (Å²) in [6, 6.07) is 25.8. The molecule has 0 bridgehead atoms. The van der Waals surface area contributed by atoms with Crippen LogP contribution in [0.5, 0.6) is 0 Å². The molecule has 6 aromatic rings. The zero-order valence-electron chi connectivity index (χ0n) is 31.8. The van der Waals surface area contributed by atoms with E-state index in [1.807, 2.05) is 70.4 Å². The van der Waals surface area contributed by atoms with Gasteiger partial charge in [-0.3, -0.25) is 9.78 Å². The molecule has 0 aliphatic heterocycles. The van der Waals surface area contributed by atoms with Crippen LogP contribution in [0, 0.1) is 23.8 Å². The van der Waals surface area contributed by atoms with E-state index in [4.69, 9.17) is 4.98 Å². The smallest absolute Gasteiger partial charge is 0.164 e. The number of thiophene rings is 2. The number of carbonyl (C=O) groups is 1. The Morgan fingerprint density at radius 1 is 0.824 bits per heavy atom. The van der Waals surface area contributed by atoms with Crippen molar-refractivity contribution in [3.8, 4) is 21.7 Å². The molecule has 1 radical (unpaired) electrons. The molecule has 0 aliphatic rings. The second kappa shape index (κ2) is 16.3. The van der Waals surface area contributed by atoms with E-state index in [1.165, 1.54) is 53.2 Å². The van der Waals surface area contributed by atoms with Crippen molar-refractivity contribution in [2.24, 2.45) is 10.8 Å². The molecule has 271 valence electrons. The molecule has 0 saturated carbocycles. The minimum absolute atomic E-state index is 0. The van der Waals surface area contributed by atoms with Crippen LogP contribution in [0.25, 0.3) is 52.6 Å². The number of ketones is 1. The largest absolute Gasteiger partial charge is 0.512 e. The summed E-state index contributed by atoms with van der Waals surface area (Å²) < 4.78 is 2.61. The number of pyridine rings is 1. The van der Waals surface area contributed by atoms with Gasteiger partial charge in [0.25, 0.3) is 0 Å². The molecule has 0 fully saturated rings. The Kier molecular flexibility index (Phi) is 12.9. The first-order chi connectivity index (χ1) is 23.7. The topological polar surface area (TPSA) is 50.2 Å². The normalized spacial score (nSPS) is 12.5. The van der Waals surface area contributed by atoms with Gasteiger partial charge in [-0.2, -0.15) is 0 Å². The number of benzene rings is 3. The summed E-state index contributed by atoms with van der Waals surface area (Å²) in [5, 5.41) is 17.3. The maximum absolute atomic E-state index is 12.2. The molecule has 0 unspecified atom stereocenters. The average Bonchev–Trinajstić information content (AvgIpc) is 3.73. The molecule has 3 aromatic heterocycles. The van der Waals surface area contributed by atoms with Crippen LogP contribution in [-0.4, -0.2) is 15.9 Å². The van der Waals surface area contributed by atoms with Crippen LogP contribution in [0.3, 0.4) is 0 Å². The fourth-order valence-corrected chi connectivity index (χ4v) is 8.27. The standard InChI is InChI=1S/C30H24NS2.C15H28O2.Ir/c1-18-17-32-26-10-9-20(14-23(18)26)28-16-24-27(33-28)11-12-31-29(24)21-13-19-7-5-6-8-22(19)25(15-21)30(2,3)4;1-7-14(5,8-2)12(16)11-13(17)15(6,9-3)10-4;/h5-12,14-17H,1-4H3;11,16H,7-10H2,1-6H3;/q-1;;/b;12-11-;. The molecule has 3 heterocycles.